The lowest BCUT2D eigenvalue weighted by atomic mass is 10.1. The average Bonchev–Trinajstić information content (AvgIpc) is 2.75. The standard InChI is InChI=1S/C22H24BrN5O2/c1-15(29)30-14-17-4-3-16-13-24-22(26-21(16)20(17)23)25-18-5-7-19(8-6-18)28-11-9-27(2)10-12-28/h3-8,13H,9-12,14H2,1-2H3,(H,24,25,26). The topological polar surface area (TPSA) is 70.6 Å². The summed E-state index contributed by atoms with van der Waals surface area (Å²) < 4.78 is 5.92. The molecule has 0 spiro atoms. The number of carbonyl (C=O) groups is 1. The van der Waals surface area contributed by atoms with E-state index in [0.717, 1.165) is 52.8 Å². The van der Waals surface area contributed by atoms with Gasteiger partial charge in [0.15, 0.2) is 0 Å². The summed E-state index contributed by atoms with van der Waals surface area (Å²) in [5, 5.41) is 4.18. The normalized spacial score (nSPS) is 14.7. The molecule has 0 bridgehead atoms. The number of likely N-dealkylation sites (N-methyl/N-ethyl adjacent to an activating group) is 1. The van der Waals surface area contributed by atoms with Crippen LogP contribution in [0.15, 0.2) is 47.1 Å². The Morgan fingerprint density at radius 3 is 2.57 bits per heavy atom. The number of nitrogens with zero attached hydrogens (tertiary/aromatic N) is 4. The maximum Gasteiger partial charge on any atom is 0.302 e. The van der Waals surface area contributed by atoms with Crippen molar-refractivity contribution in [2.45, 2.75) is 13.5 Å². The van der Waals surface area contributed by atoms with Crippen molar-refractivity contribution in [2.75, 3.05) is 43.4 Å². The Kier molecular flexibility index (Phi) is 6.15. The van der Waals surface area contributed by atoms with E-state index in [1.807, 2.05) is 24.3 Å². The molecular weight excluding hydrogens is 446 g/mol. The Bertz CT molecular complexity index is 1050. The first-order valence-electron chi connectivity index (χ1n) is 9.87. The lowest BCUT2D eigenvalue weighted by Crippen LogP contribution is -2.44. The van der Waals surface area contributed by atoms with Gasteiger partial charge in [0, 0.05) is 61.6 Å². The van der Waals surface area contributed by atoms with Gasteiger partial charge in [-0.25, -0.2) is 9.97 Å². The van der Waals surface area contributed by atoms with Crippen LogP contribution in [0.1, 0.15) is 12.5 Å². The number of benzene rings is 2. The Morgan fingerprint density at radius 1 is 1.13 bits per heavy atom. The fraction of sp³-hybridized carbons (Fsp3) is 0.318. The number of nitrogens with one attached hydrogen (secondary N) is 1. The van der Waals surface area contributed by atoms with Crippen molar-refractivity contribution in [3.05, 3.63) is 52.6 Å². The maximum atomic E-state index is 11.1. The van der Waals surface area contributed by atoms with Crippen LogP contribution in [0.5, 0.6) is 0 Å². The molecule has 0 unspecified atom stereocenters. The summed E-state index contributed by atoms with van der Waals surface area (Å²) >= 11 is 3.59. The van der Waals surface area contributed by atoms with Crippen molar-refractivity contribution in [1.82, 2.24) is 14.9 Å². The molecule has 8 heteroatoms. The minimum absolute atomic E-state index is 0.201. The van der Waals surface area contributed by atoms with Gasteiger partial charge in [-0.05, 0) is 47.2 Å². The van der Waals surface area contributed by atoms with Gasteiger partial charge in [0.25, 0.3) is 0 Å². The molecule has 0 amide bonds. The van der Waals surface area contributed by atoms with Gasteiger partial charge in [-0.3, -0.25) is 4.79 Å². The van der Waals surface area contributed by atoms with Crippen molar-refractivity contribution < 1.29 is 9.53 Å². The van der Waals surface area contributed by atoms with Gasteiger partial charge < -0.3 is 19.9 Å². The maximum absolute atomic E-state index is 11.1. The molecule has 30 heavy (non-hydrogen) atoms. The Hall–Kier alpha value is -2.71. The van der Waals surface area contributed by atoms with Gasteiger partial charge in [-0.1, -0.05) is 12.1 Å². The van der Waals surface area contributed by atoms with Crippen molar-refractivity contribution >= 4 is 50.1 Å². The first kappa shape index (κ1) is 20.6. The van der Waals surface area contributed by atoms with Crippen LogP contribution in [0.4, 0.5) is 17.3 Å². The number of hydrogen-bond acceptors (Lipinski definition) is 7. The second kappa shape index (κ2) is 8.97. The third-order valence-corrected chi connectivity index (χ3v) is 6.08. The monoisotopic (exact) mass is 469 g/mol. The molecule has 1 N–H and O–H groups in total. The first-order valence-corrected chi connectivity index (χ1v) is 10.7. The number of hydrogen-bond donors (Lipinski definition) is 1. The molecule has 1 aromatic heterocycles. The summed E-state index contributed by atoms with van der Waals surface area (Å²) in [4.78, 5) is 24.9. The zero-order valence-electron chi connectivity index (χ0n) is 17.1. The molecule has 1 fully saturated rings. The highest BCUT2D eigenvalue weighted by Crippen LogP contribution is 2.28. The number of carbonyl (C=O) groups excluding carboxylic acids is 1. The molecule has 2 aromatic carbocycles. The van der Waals surface area contributed by atoms with Crippen LogP contribution in [0.2, 0.25) is 0 Å². The van der Waals surface area contributed by atoms with Gasteiger partial charge >= 0.3 is 5.97 Å². The molecule has 0 aliphatic carbocycles. The van der Waals surface area contributed by atoms with E-state index < -0.39 is 0 Å². The van der Waals surface area contributed by atoms with Gasteiger partial charge in [-0.2, -0.15) is 0 Å². The number of ether oxygens (including phenoxy) is 1. The van der Waals surface area contributed by atoms with E-state index >= 15 is 0 Å². The van der Waals surface area contributed by atoms with Gasteiger partial charge in [0.05, 0.1) is 9.99 Å². The highest BCUT2D eigenvalue weighted by atomic mass is 79.9. The van der Waals surface area contributed by atoms with Crippen LogP contribution in [-0.4, -0.2) is 54.1 Å². The van der Waals surface area contributed by atoms with E-state index in [0.29, 0.717) is 5.95 Å². The SMILES string of the molecule is CC(=O)OCc1ccc2cnc(Nc3ccc(N4CCN(C)CC4)cc3)nc2c1Br. The van der Waals surface area contributed by atoms with Crippen LogP contribution in [-0.2, 0) is 16.1 Å². The number of rotatable bonds is 5. The third-order valence-electron chi connectivity index (χ3n) is 5.19. The fourth-order valence-electron chi connectivity index (χ4n) is 3.40. The molecule has 2 heterocycles. The summed E-state index contributed by atoms with van der Waals surface area (Å²) in [6.07, 6.45) is 1.78. The molecular formula is C22H24BrN5O2. The second-order valence-electron chi connectivity index (χ2n) is 7.41. The first-order chi connectivity index (χ1) is 14.5. The molecule has 7 nitrogen and oxygen atoms in total. The molecule has 4 rings (SSSR count). The molecule has 0 atom stereocenters. The summed E-state index contributed by atoms with van der Waals surface area (Å²) in [6.45, 7) is 5.85. The molecule has 0 saturated carbocycles. The van der Waals surface area contributed by atoms with Crippen LogP contribution in [0.25, 0.3) is 10.9 Å². The van der Waals surface area contributed by atoms with Crippen molar-refractivity contribution in [1.29, 1.82) is 0 Å². The number of piperazine rings is 1. The van der Waals surface area contributed by atoms with E-state index in [9.17, 15) is 4.79 Å². The number of esters is 1. The smallest absolute Gasteiger partial charge is 0.302 e. The highest BCUT2D eigenvalue weighted by Gasteiger charge is 2.14. The van der Waals surface area contributed by atoms with Crippen molar-refractivity contribution in [3.8, 4) is 0 Å². The highest BCUT2D eigenvalue weighted by molar-refractivity contribution is 9.10. The Labute approximate surface area is 184 Å². The van der Waals surface area contributed by atoms with Gasteiger partial charge in [-0.15, -0.1) is 0 Å². The van der Waals surface area contributed by atoms with E-state index in [1.165, 1.54) is 12.6 Å². The van der Waals surface area contributed by atoms with E-state index in [2.05, 4.69) is 60.2 Å². The summed E-state index contributed by atoms with van der Waals surface area (Å²) in [5.41, 5.74) is 3.79. The van der Waals surface area contributed by atoms with Gasteiger partial charge in [0.2, 0.25) is 5.95 Å². The van der Waals surface area contributed by atoms with E-state index in [4.69, 9.17) is 4.74 Å². The minimum atomic E-state index is -0.313. The van der Waals surface area contributed by atoms with E-state index in [1.54, 1.807) is 6.20 Å². The average molecular weight is 470 g/mol. The van der Waals surface area contributed by atoms with Crippen LogP contribution >= 0.6 is 15.9 Å². The van der Waals surface area contributed by atoms with E-state index in [-0.39, 0.29) is 12.6 Å². The molecule has 1 aliphatic heterocycles. The molecule has 156 valence electrons. The fourth-order valence-corrected chi connectivity index (χ4v) is 3.97. The van der Waals surface area contributed by atoms with Crippen molar-refractivity contribution in [3.63, 3.8) is 0 Å². The molecule has 1 saturated heterocycles. The Balaban J connectivity index is 1.50. The third kappa shape index (κ3) is 4.71. The lowest BCUT2D eigenvalue weighted by molar-refractivity contribution is -0.142. The zero-order valence-corrected chi connectivity index (χ0v) is 18.6. The molecule has 0 radical (unpaired) electrons. The summed E-state index contributed by atoms with van der Waals surface area (Å²) in [6, 6.07) is 12.2. The number of anilines is 3. The predicted octanol–water partition coefficient (Wildman–Crippen LogP) is 3.95. The Morgan fingerprint density at radius 2 is 1.87 bits per heavy atom. The summed E-state index contributed by atoms with van der Waals surface area (Å²) in [7, 11) is 2.16. The minimum Gasteiger partial charge on any atom is -0.461 e. The van der Waals surface area contributed by atoms with Crippen LogP contribution in [0.3, 0.4) is 0 Å². The van der Waals surface area contributed by atoms with Crippen molar-refractivity contribution in [2.24, 2.45) is 0 Å². The predicted molar refractivity (Wildman–Crippen MR) is 122 cm³/mol. The molecule has 1 aliphatic rings. The zero-order chi connectivity index (χ0) is 21.1. The van der Waals surface area contributed by atoms with Crippen LogP contribution in [0, 0.1) is 0 Å². The molecule has 3 aromatic rings. The number of halogens is 1. The quantitative estimate of drug-likeness (QED) is 0.567. The van der Waals surface area contributed by atoms with Crippen LogP contribution < -0.4 is 10.2 Å². The number of aromatic nitrogens is 2. The second-order valence-corrected chi connectivity index (χ2v) is 8.21. The largest absolute Gasteiger partial charge is 0.461 e. The lowest BCUT2D eigenvalue weighted by Gasteiger charge is -2.34. The number of fused-ring (bicyclic) bond motifs is 1. The van der Waals surface area contributed by atoms with Gasteiger partial charge in [0.1, 0.15) is 6.61 Å². The summed E-state index contributed by atoms with van der Waals surface area (Å²) in [5.74, 6) is 0.201.